The largest absolute Gasteiger partial charge is 0.387 e. The summed E-state index contributed by atoms with van der Waals surface area (Å²) in [6, 6.07) is 1.94. The van der Waals surface area contributed by atoms with Crippen LogP contribution >= 0.6 is 31.9 Å². The molecule has 0 saturated heterocycles. The number of ketones is 1. The number of halogens is 2. The van der Waals surface area contributed by atoms with Gasteiger partial charge in [-0.2, -0.15) is 0 Å². The molecule has 0 aliphatic carbocycles. The molecule has 0 spiro atoms. The zero-order valence-corrected chi connectivity index (χ0v) is 15.4. The molecule has 23 heavy (non-hydrogen) atoms. The van der Waals surface area contributed by atoms with Crippen LogP contribution in [-0.2, 0) is 0 Å². The first-order valence-corrected chi connectivity index (χ1v) is 8.32. The zero-order chi connectivity index (χ0) is 20.2. The van der Waals surface area contributed by atoms with Crippen molar-refractivity contribution < 1.29 is 15.4 Å². The maximum Gasteiger partial charge on any atom is 0.211 e. The van der Waals surface area contributed by atoms with Gasteiger partial charge in [-0.05, 0) is 43.6 Å². The number of pyridine rings is 1. The van der Waals surface area contributed by atoms with Crippen molar-refractivity contribution in [2.45, 2.75) is 20.0 Å². The third-order valence-electron chi connectivity index (χ3n) is 3.46. The number of aromatic nitrogens is 2. The molecule has 0 bridgehead atoms. The molecule has 0 saturated carbocycles. The Morgan fingerprint density at radius 3 is 2.61 bits per heavy atom. The van der Waals surface area contributed by atoms with Crippen molar-refractivity contribution in [3.63, 3.8) is 0 Å². The predicted octanol–water partition coefficient (Wildman–Crippen LogP) is 4.45. The number of rotatable bonds is 3. The summed E-state index contributed by atoms with van der Waals surface area (Å²) in [5.74, 6) is -0.509. The molecule has 118 valence electrons. The molecule has 1 aromatic carbocycles. The normalized spacial score (nSPS) is 15.0. The lowest BCUT2D eigenvalue weighted by Gasteiger charge is -2.09. The molecule has 0 aliphatic heterocycles. The van der Waals surface area contributed by atoms with E-state index in [9.17, 15) is 9.90 Å². The van der Waals surface area contributed by atoms with E-state index in [-0.39, 0.29) is 28.6 Å². The molecule has 0 fully saturated rings. The van der Waals surface area contributed by atoms with Crippen molar-refractivity contribution in [3.8, 4) is 0 Å². The molecular formula is C17H14Br2N2O2. The van der Waals surface area contributed by atoms with E-state index in [1.165, 1.54) is 6.92 Å². The highest BCUT2D eigenvalue weighted by Crippen LogP contribution is 2.29. The smallest absolute Gasteiger partial charge is 0.211 e. The molecule has 0 radical (unpaired) electrons. The fourth-order valence-corrected chi connectivity index (χ4v) is 3.41. The van der Waals surface area contributed by atoms with Crippen molar-refractivity contribution in [2.24, 2.45) is 0 Å². The molecule has 6 heteroatoms. The van der Waals surface area contributed by atoms with Gasteiger partial charge >= 0.3 is 0 Å². The third kappa shape index (κ3) is 2.86. The lowest BCUT2D eigenvalue weighted by atomic mass is 10.0. The quantitative estimate of drug-likeness (QED) is 0.610. The highest BCUT2D eigenvalue weighted by molar-refractivity contribution is 9.11. The second-order valence-corrected chi connectivity index (χ2v) is 6.77. The van der Waals surface area contributed by atoms with Gasteiger partial charge in [0.05, 0.1) is 17.3 Å². The number of aliphatic hydroxyl groups excluding tert-OH is 1. The average molecular weight is 442 g/mol. The SMILES string of the molecule is [2H]c1c([2H])c([2H])n2c(C(=O)c3cc(Br)c(C)c(Br)c3)c(C(C)O)nc2c1[2H]. The molecular weight excluding hydrogens is 424 g/mol. The third-order valence-corrected chi connectivity index (χ3v) is 5.11. The first-order valence-electron chi connectivity index (χ1n) is 8.73. The van der Waals surface area contributed by atoms with Crippen LogP contribution in [0.1, 0.15) is 45.8 Å². The van der Waals surface area contributed by atoms with Gasteiger partial charge in [0.25, 0.3) is 0 Å². The van der Waals surface area contributed by atoms with Crippen LogP contribution < -0.4 is 0 Å². The van der Waals surface area contributed by atoms with E-state index in [1.807, 2.05) is 6.92 Å². The van der Waals surface area contributed by atoms with Gasteiger partial charge < -0.3 is 5.11 Å². The van der Waals surface area contributed by atoms with Crippen molar-refractivity contribution in [1.29, 1.82) is 0 Å². The fourth-order valence-electron chi connectivity index (χ4n) is 2.22. The molecule has 3 rings (SSSR count). The summed E-state index contributed by atoms with van der Waals surface area (Å²) in [6.07, 6.45) is -1.57. The summed E-state index contributed by atoms with van der Waals surface area (Å²) >= 11 is 6.79. The van der Waals surface area contributed by atoms with E-state index >= 15 is 0 Å². The molecule has 3 aromatic rings. The van der Waals surface area contributed by atoms with Gasteiger partial charge in [0, 0.05) is 20.7 Å². The van der Waals surface area contributed by atoms with E-state index in [2.05, 4.69) is 36.8 Å². The molecule has 2 heterocycles. The van der Waals surface area contributed by atoms with Gasteiger partial charge in [0.15, 0.2) is 0 Å². The number of benzene rings is 1. The zero-order valence-electron chi connectivity index (χ0n) is 16.2. The van der Waals surface area contributed by atoms with Gasteiger partial charge in [-0.15, -0.1) is 0 Å². The van der Waals surface area contributed by atoms with Crippen LogP contribution in [-0.4, -0.2) is 20.3 Å². The summed E-state index contributed by atoms with van der Waals surface area (Å²) in [7, 11) is 0. The number of carbonyl (C=O) groups excluding carboxylic acids is 1. The Hall–Kier alpha value is -1.50. The highest BCUT2D eigenvalue weighted by Gasteiger charge is 2.24. The van der Waals surface area contributed by atoms with Gasteiger partial charge in [-0.1, -0.05) is 37.9 Å². The van der Waals surface area contributed by atoms with E-state index in [0.29, 0.717) is 8.95 Å². The monoisotopic (exact) mass is 440 g/mol. The van der Waals surface area contributed by atoms with Crippen LogP contribution in [0.25, 0.3) is 5.65 Å². The van der Waals surface area contributed by atoms with Crippen LogP contribution in [0.4, 0.5) is 0 Å². The number of imidazole rings is 1. The Balaban J connectivity index is 2.40. The fraction of sp³-hybridized carbons (Fsp3) is 0.176. The first kappa shape index (κ1) is 11.9. The van der Waals surface area contributed by atoms with Crippen LogP contribution in [0.15, 0.2) is 45.4 Å². The Morgan fingerprint density at radius 2 is 2.00 bits per heavy atom. The minimum atomic E-state index is -1.14. The number of carbonyl (C=O) groups is 1. The van der Waals surface area contributed by atoms with Crippen molar-refractivity contribution in [2.75, 3.05) is 0 Å². The van der Waals surface area contributed by atoms with Crippen LogP contribution in [0.5, 0.6) is 0 Å². The van der Waals surface area contributed by atoms with E-state index in [1.54, 1.807) is 12.1 Å². The maximum absolute atomic E-state index is 13.3. The van der Waals surface area contributed by atoms with Gasteiger partial charge in [0.1, 0.15) is 11.3 Å². The lowest BCUT2D eigenvalue weighted by molar-refractivity contribution is 0.102. The molecule has 1 N–H and O–H groups in total. The van der Waals surface area contributed by atoms with E-state index in [4.69, 9.17) is 5.48 Å². The summed E-state index contributed by atoms with van der Waals surface area (Å²) in [5, 5.41) is 10.1. The average Bonchev–Trinajstić information content (AvgIpc) is 3.02. The summed E-state index contributed by atoms with van der Waals surface area (Å²) in [6.45, 7) is 3.30. The Morgan fingerprint density at radius 1 is 1.35 bits per heavy atom. The maximum atomic E-state index is 13.3. The number of aliphatic hydroxyl groups is 1. The summed E-state index contributed by atoms with van der Waals surface area (Å²) < 4.78 is 34.4. The number of nitrogens with zero attached hydrogens (tertiary/aromatic N) is 2. The molecule has 4 nitrogen and oxygen atoms in total. The second-order valence-electron chi connectivity index (χ2n) is 5.06. The highest BCUT2D eigenvalue weighted by atomic mass is 79.9. The summed E-state index contributed by atoms with van der Waals surface area (Å²) in [4.78, 5) is 17.4. The van der Waals surface area contributed by atoms with E-state index in [0.717, 1.165) is 9.96 Å². The van der Waals surface area contributed by atoms with Crippen molar-refractivity contribution in [1.82, 2.24) is 9.38 Å². The van der Waals surface area contributed by atoms with Gasteiger partial charge in [0.2, 0.25) is 5.78 Å². The van der Waals surface area contributed by atoms with E-state index < -0.39 is 30.1 Å². The second kappa shape index (κ2) is 6.19. The number of hydrogen-bond acceptors (Lipinski definition) is 3. The van der Waals surface area contributed by atoms with Gasteiger partial charge in [-0.25, -0.2) is 4.98 Å². The standard InChI is InChI=1S/C17H14Br2N2O2/c1-9-12(18)7-11(8-13(9)19)17(23)16-15(10(2)22)20-14-5-3-4-6-21(14)16/h3-8,10,22H,1-2H3/i3D,4D,5D,6D. The topological polar surface area (TPSA) is 54.6 Å². The van der Waals surface area contributed by atoms with Crippen molar-refractivity contribution >= 4 is 43.3 Å². The molecule has 1 unspecified atom stereocenters. The number of hydrogen-bond donors (Lipinski definition) is 1. The molecule has 2 aromatic heterocycles. The van der Waals surface area contributed by atoms with Crippen LogP contribution in [0.3, 0.4) is 0 Å². The summed E-state index contributed by atoms with van der Waals surface area (Å²) in [5.41, 5.74) is 0.998. The Kier molecular flexibility index (Phi) is 3.21. The predicted molar refractivity (Wildman–Crippen MR) is 95.8 cm³/mol. The molecule has 0 aliphatic rings. The lowest BCUT2D eigenvalue weighted by Crippen LogP contribution is -2.10. The molecule has 1 atom stereocenters. The molecule has 0 amide bonds. The Labute approximate surface area is 156 Å². The van der Waals surface area contributed by atoms with Crippen LogP contribution in [0.2, 0.25) is 0 Å². The first-order chi connectivity index (χ1) is 12.6. The van der Waals surface area contributed by atoms with Crippen molar-refractivity contribution in [3.05, 3.63) is 67.9 Å². The van der Waals surface area contributed by atoms with Crippen LogP contribution in [0, 0.1) is 6.92 Å². The van der Waals surface area contributed by atoms with Gasteiger partial charge in [-0.3, -0.25) is 9.20 Å². The minimum Gasteiger partial charge on any atom is -0.387 e. The Bertz CT molecular complexity index is 1090. The minimum absolute atomic E-state index is 0.000167. The number of fused-ring (bicyclic) bond motifs is 1.